The molecule has 0 saturated carbocycles. The SMILES string of the molecule is CC(=O)c1c(F)cccc1NCCNc1ncccc1C#N. The molecule has 0 aliphatic heterocycles. The second kappa shape index (κ2) is 7.18. The molecule has 0 amide bonds. The number of benzene rings is 1. The van der Waals surface area contributed by atoms with Crippen LogP contribution in [-0.2, 0) is 0 Å². The van der Waals surface area contributed by atoms with Gasteiger partial charge in [-0.05, 0) is 31.2 Å². The Labute approximate surface area is 127 Å². The van der Waals surface area contributed by atoms with Crippen molar-refractivity contribution < 1.29 is 9.18 Å². The number of nitriles is 1. The monoisotopic (exact) mass is 298 g/mol. The molecule has 1 aromatic heterocycles. The van der Waals surface area contributed by atoms with Crippen LogP contribution in [0, 0.1) is 17.1 Å². The molecule has 1 aromatic carbocycles. The van der Waals surface area contributed by atoms with E-state index in [4.69, 9.17) is 5.26 Å². The van der Waals surface area contributed by atoms with Crippen molar-refractivity contribution in [3.05, 3.63) is 53.5 Å². The van der Waals surface area contributed by atoms with Crippen molar-refractivity contribution in [1.82, 2.24) is 4.98 Å². The van der Waals surface area contributed by atoms with Crippen LogP contribution in [0.15, 0.2) is 36.5 Å². The number of hydrogen-bond acceptors (Lipinski definition) is 5. The minimum absolute atomic E-state index is 0.0538. The van der Waals surface area contributed by atoms with Crippen molar-refractivity contribution in [3.63, 3.8) is 0 Å². The van der Waals surface area contributed by atoms with E-state index >= 15 is 0 Å². The number of ketones is 1. The van der Waals surface area contributed by atoms with Crippen LogP contribution < -0.4 is 10.6 Å². The van der Waals surface area contributed by atoms with Crippen LogP contribution in [-0.4, -0.2) is 23.9 Å². The van der Waals surface area contributed by atoms with Crippen LogP contribution in [0.1, 0.15) is 22.8 Å². The standard InChI is InChI=1S/C16H15FN4O/c1-11(22)15-13(17)5-2-6-14(15)19-8-9-21-16-12(10-18)4-3-7-20-16/h2-7,19H,8-9H2,1H3,(H,20,21). The van der Waals surface area contributed by atoms with Crippen LogP contribution in [0.5, 0.6) is 0 Å². The molecule has 5 nitrogen and oxygen atoms in total. The Morgan fingerprint density at radius 2 is 2.05 bits per heavy atom. The Hall–Kier alpha value is -2.94. The summed E-state index contributed by atoms with van der Waals surface area (Å²) in [4.78, 5) is 15.6. The van der Waals surface area contributed by atoms with Crippen molar-refractivity contribution in [2.24, 2.45) is 0 Å². The first kappa shape index (κ1) is 15.4. The van der Waals surface area contributed by atoms with Crippen LogP contribution in [0.4, 0.5) is 15.9 Å². The third-order valence-electron chi connectivity index (χ3n) is 3.03. The highest BCUT2D eigenvalue weighted by molar-refractivity contribution is 5.99. The zero-order valence-electron chi connectivity index (χ0n) is 12.1. The van der Waals surface area contributed by atoms with Gasteiger partial charge < -0.3 is 10.6 Å². The number of anilines is 2. The smallest absolute Gasteiger partial charge is 0.164 e. The fraction of sp³-hybridized carbons (Fsp3) is 0.188. The molecule has 0 aliphatic rings. The minimum Gasteiger partial charge on any atom is -0.383 e. The third kappa shape index (κ3) is 3.58. The molecule has 2 aromatic rings. The Morgan fingerprint density at radius 3 is 2.77 bits per heavy atom. The van der Waals surface area contributed by atoms with E-state index in [0.717, 1.165) is 0 Å². The number of carbonyl (C=O) groups excluding carboxylic acids is 1. The first-order valence-corrected chi connectivity index (χ1v) is 6.75. The summed E-state index contributed by atoms with van der Waals surface area (Å²) in [7, 11) is 0. The fourth-order valence-corrected chi connectivity index (χ4v) is 2.04. The molecule has 0 atom stereocenters. The lowest BCUT2D eigenvalue weighted by Crippen LogP contribution is -2.16. The number of nitrogens with one attached hydrogen (secondary N) is 2. The van der Waals surface area contributed by atoms with Crippen molar-refractivity contribution in [2.45, 2.75) is 6.92 Å². The van der Waals surface area contributed by atoms with Crippen molar-refractivity contribution in [1.29, 1.82) is 5.26 Å². The maximum atomic E-state index is 13.7. The summed E-state index contributed by atoms with van der Waals surface area (Å²) in [5.41, 5.74) is 0.964. The van der Waals surface area contributed by atoms with Gasteiger partial charge in [-0.15, -0.1) is 0 Å². The number of pyridine rings is 1. The molecule has 1 heterocycles. The van der Waals surface area contributed by atoms with Crippen LogP contribution in [0.3, 0.4) is 0 Å². The van der Waals surface area contributed by atoms with Crippen LogP contribution in [0.25, 0.3) is 0 Å². The highest BCUT2D eigenvalue weighted by Crippen LogP contribution is 2.19. The molecule has 0 bridgehead atoms. The van der Waals surface area contributed by atoms with E-state index < -0.39 is 5.82 Å². The molecule has 112 valence electrons. The number of aromatic nitrogens is 1. The van der Waals surface area contributed by atoms with Gasteiger partial charge in [-0.1, -0.05) is 6.07 Å². The van der Waals surface area contributed by atoms with Gasteiger partial charge in [0.25, 0.3) is 0 Å². The van der Waals surface area contributed by atoms with E-state index in [1.807, 2.05) is 6.07 Å². The predicted octanol–water partition coefficient (Wildman–Crippen LogP) is 2.82. The molecule has 0 fully saturated rings. The van der Waals surface area contributed by atoms with E-state index in [1.54, 1.807) is 30.5 Å². The zero-order valence-corrected chi connectivity index (χ0v) is 12.1. The van der Waals surface area contributed by atoms with E-state index in [1.165, 1.54) is 13.0 Å². The highest BCUT2D eigenvalue weighted by Gasteiger charge is 2.12. The van der Waals surface area contributed by atoms with E-state index in [2.05, 4.69) is 15.6 Å². The second-order valence-electron chi connectivity index (χ2n) is 4.58. The first-order valence-electron chi connectivity index (χ1n) is 6.75. The lowest BCUT2D eigenvalue weighted by molar-refractivity contribution is 0.101. The lowest BCUT2D eigenvalue weighted by atomic mass is 10.1. The average molecular weight is 298 g/mol. The Bertz CT molecular complexity index is 724. The van der Waals surface area contributed by atoms with E-state index in [0.29, 0.717) is 30.2 Å². The largest absolute Gasteiger partial charge is 0.383 e. The molecule has 6 heteroatoms. The summed E-state index contributed by atoms with van der Waals surface area (Å²) >= 11 is 0. The Kier molecular flexibility index (Phi) is 5.04. The summed E-state index contributed by atoms with van der Waals surface area (Å²) in [6, 6.07) is 9.86. The second-order valence-corrected chi connectivity index (χ2v) is 4.58. The molecule has 0 unspecified atom stereocenters. The van der Waals surface area contributed by atoms with Gasteiger partial charge in [0.2, 0.25) is 0 Å². The van der Waals surface area contributed by atoms with Crippen molar-refractivity contribution in [2.75, 3.05) is 23.7 Å². The number of nitrogens with zero attached hydrogens (tertiary/aromatic N) is 2. The molecular weight excluding hydrogens is 283 g/mol. The Morgan fingerprint density at radius 1 is 1.27 bits per heavy atom. The van der Waals surface area contributed by atoms with E-state index in [-0.39, 0.29) is 11.3 Å². The predicted molar refractivity (Wildman–Crippen MR) is 82.3 cm³/mol. The number of hydrogen-bond donors (Lipinski definition) is 2. The number of Topliss-reactive ketones (excluding diaryl/α,β-unsaturated/α-hetero) is 1. The van der Waals surface area contributed by atoms with Crippen LogP contribution >= 0.6 is 0 Å². The van der Waals surface area contributed by atoms with Gasteiger partial charge in [-0.3, -0.25) is 4.79 Å². The van der Waals surface area contributed by atoms with Gasteiger partial charge in [0, 0.05) is 25.0 Å². The average Bonchev–Trinajstić information content (AvgIpc) is 2.51. The van der Waals surface area contributed by atoms with Crippen molar-refractivity contribution >= 4 is 17.3 Å². The van der Waals surface area contributed by atoms with Crippen molar-refractivity contribution in [3.8, 4) is 6.07 Å². The molecular formula is C16H15FN4O. The number of carbonyl (C=O) groups is 1. The van der Waals surface area contributed by atoms with Gasteiger partial charge in [0.1, 0.15) is 17.7 Å². The van der Waals surface area contributed by atoms with Crippen LogP contribution in [0.2, 0.25) is 0 Å². The van der Waals surface area contributed by atoms with Gasteiger partial charge in [-0.25, -0.2) is 9.37 Å². The molecule has 2 rings (SSSR count). The maximum Gasteiger partial charge on any atom is 0.164 e. The fourth-order valence-electron chi connectivity index (χ4n) is 2.04. The summed E-state index contributed by atoms with van der Waals surface area (Å²) in [5.74, 6) is -0.371. The third-order valence-corrected chi connectivity index (χ3v) is 3.03. The molecule has 0 spiro atoms. The maximum absolute atomic E-state index is 13.7. The van der Waals surface area contributed by atoms with Gasteiger partial charge >= 0.3 is 0 Å². The highest BCUT2D eigenvalue weighted by atomic mass is 19.1. The topological polar surface area (TPSA) is 77.8 Å². The van der Waals surface area contributed by atoms with Gasteiger partial charge in [-0.2, -0.15) is 5.26 Å². The Balaban J connectivity index is 1.97. The van der Waals surface area contributed by atoms with E-state index in [9.17, 15) is 9.18 Å². The zero-order chi connectivity index (χ0) is 15.9. The minimum atomic E-state index is -0.540. The summed E-state index contributed by atoms with van der Waals surface area (Å²) in [6.45, 7) is 2.25. The first-order chi connectivity index (χ1) is 10.6. The number of halogens is 1. The number of rotatable bonds is 6. The van der Waals surface area contributed by atoms with Gasteiger partial charge in [0.15, 0.2) is 5.78 Å². The molecule has 0 saturated heterocycles. The quantitative estimate of drug-likeness (QED) is 0.633. The summed E-state index contributed by atoms with van der Waals surface area (Å²) in [6.07, 6.45) is 1.59. The summed E-state index contributed by atoms with van der Waals surface area (Å²) in [5, 5.41) is 15.0. The molecule has 2 N–H and O–H groups in total. The molecule has 22 heavy (non-hydrogen) atoms. The summed E-state index contributed by atoms with van der Waals surface area (Å²) < 4.78 is 13.7. The normalized spacial score (nSPS) is 9.86. The molecule has 0 radical (unpaired) electrons. The molecule has 0 aliphatic carbocycles. The lowest BCUT2D eigenvalue weighted by Gasteiger charge is -2.12. The van der Waals surface area contributed by atoms with Gasteiger partial charge in [0.05, 0.1) is 11.1 Å².